The van der Waals surface area contributed by atoms with Crippen LogP contribution in [0, 0.1) is 0 Å². The van der Waals surface area contributed by atoms with Gasteiger partial charge in [-0.25, -0.2) is 8.42 Å². The van der Waals surface area contributed by atoms with Gasteiger partial charge in [0.1, 0.15) is 12.6 Å². The Morgan fingerprint density at radius 3 is 2.05 bits per heavy atom. The fraction of sp³-hybridized carbons (Fsp3) is 0.235. The lowest BCUT2D eigenvalue weighted by atomic mass is 10.0. The predicted octanol–water partition coefficient (Wildman–Crippen LogP) is 6.75. The number of unbranched alkanes of at least 4 members (excludes halogenated alkanes) is 1. The van der Waals surface area contributed by atoms with Crippen LogP contribution in [0.4, 0.5) is 5.69 Å². The summed E-state index contributed by atoms with van der Waals surface area (Å²) in [5, 5.41) is 3.67. The van der Waals surface area contributed by atoms with Crippen molar-refractivity contribution in [2.45, 2.75) is 43.7 Å². The molecule has 0 fully saturated rings. The third kappa shape index (κ3) is 8.85. The fourth-order valence-corrected chi connectivity index (χ4v) is 6.45. The number of rotatable bonds is 14. The minimum absolute atomic E-state index is 0.0394. The zero-order chi connectivity index (χ0) is 31.5. The molecule has 4 rings (SSSR count). The van der Waals surface area contributed by atoms with Crippen LogP contribution in [0.25, 0.3) is 0 Å². The van der Waals surface area contributed by atoms with Crippen LogP contribution in [-0.4, -0.2) is 44.3 Å². The highest BCUT2D eigenvalue weighted by atomic mass is 35.5. The number of nitrogens with one attached hydrogen (secondary N) is 1. The number of amides is 2. The van der Waals surface area contributed by atoms with Gasteiger partial charge in [-0.15, -0.1) is 0 Å². The molecule has 0 radical (unpaired) electrons. The zero-order valence-corrected chi connectivity index (χ0v) is 26.7. The molecule has 0 spiro atoms. The summed E-state index contributed by atoms with van der Waals surface area (Å²) in [6, 6.07) is 29.9. The highest BCUT2D eigenvalue weighted by molar-refractivity contribution is 7.92. The highest BCUT2D eigenvalue weighted by Gasteiger charge is 2.34. The number of hydrogen-bond donors (Lipinski definition) is 1. The lowest BCUT2D eigenvalue weighted by molar-refractivity contribution is -0.140. The first kappa shape index (κ1) is 33.1. The quantitative estimate of drug-likeness (QED) is 0.153. The lowest BCUT2D eigenvalue weighted by Crippen LogP contribution is -2.53. The number of benzene rings is 4. The van der Waals surface area contributed by atoms with Gasteiger partial charge < -0.3 is 10.2 Å². The van der Waals surface area contributed by atoms with Crippen molar-refractivity contribution in [1.29, 1.82) is 0 Å². The van der Waals surface area contributed by atoms with Crippen LogP contribution in [0.1, 0.15) is 30.9 Å². The third-order valence-corrected chi connectivity index (χ3v) is 9.35. The van der Waals surface area contributed by atoms with E-state index >= 15 is 0 Å². The standard InChI is InChI=1S/C34H35Cl2N3O4S/c1-2-3-21-37-34(41)32(22-26-11-6-4-7-12-26)38(24-27-13-8-5-9-14-27)33(40)25-39(30-16-10-15-29(36)23-30)44(42,43)31-19-17-28(35)18-20-31/h4-20,23,32H,2-3,21-22,24-25H2,1H3,(H,37,41). The first-order valence-corrected chi connectivity index (χ1v) is 16.6. The topological polar surface area (TPSA) is 86.8 Å². The predicted molar refractivity (Wildman–Crippen MR) is 176 cm³/mol. The first-order chi connectivity index (χ1) is 21.2. The van der Waals surface area contributed by atoms with Crippen molar-refractivity contribution < 1.29 is 18.0 Å². The molecule has 0 aliphatic rings. The lowest BCUT2D eigenvalue weighted by Gasteiger charge is -2.34. The maximum atomic E-state index is 14.4. The Hall–Kier alpha value is -3.85. The van der Waals surface area contributed by atoms with E-state index in [0.29, 0.717) is 16.6 Å². The Balaban J connectivity index is 1.77. The molecule has 0 aliphatic carbocycles. The molecule has 0 bridgehead atoms. The Kier molecular flexibility index (Phi) is 11.8. The molecule has 0 heterocycles. The van der Waals surface area contributed by atoms with E-state index in [2.05, 4.69) is 5.32 Å². The van der Waals surface area contributed by atoms with Gasteiger partial charge in [-0.2, -0.15) is 0 Å². The SMILES string of the molecule is CCCCNC(=O)C(Cc1ccccc1)N(Cc1ccccc1)C(=O)CN(c1cccc(Cl)c1)S(=O)(=O)c1ccc(Cl)cc1. The Morgan fingerprint density at radius 1 is 0.795 bits per heavy atom. The summed E-state index contributed by atoms with van der Waals surface area (Å²) in [5.41, 5.74) is 1.89. The van der Waals surface area contributed by atoms with E-state index in [4.69, 9.17) is 23.2 Å². The summed E-state index contributed by atoms with van der Waals surface area (Å²) in [4.78, 5) is 29.6. The van der Waals surface area contributed by atoms with Crippen molar-refractivity contribution in [3.05, 3.63) is 130 Å². The van der Waals surface area contributed by atoms with Gasteiger partial charge in [-0.05, 0) is 60.0 Å². The Morgan fingerprint density at radius 2 is 1.43 bits per heavy atom. The van der Waals surface area contributed by atoms with Gasteiger partial charge in [0, 0.05) is 29.6 Å². The normalized spacial score (nSPS) is 11.9. The summed E-state index contributed by atoms with van der Waals surface area (Å²) in [7, 11) is -4.24. The molecular formula is C34H35Cl2N3O4S. The van der Waals surface area contributed by atoms with Crippen molar-refractivity contribution in [2.75, 3.05) is 17.4 Å². The molecule has 4 aromatic rings. The number of carbonyl (C=O) groups is 2. The molecule has 7 nitrogen and oxygen atoms in total. The highest BCUT2D eigenvalue weighted by Crippen LogP contribution is 2.28. The summed E-state index contributed by atoms with van der Waals surface area (Å²) >= 11 is 12.3. The second-order valence-electron chi connectivity index (χ2n) is 10.3. The van der Waals surface area contributed by atoms with Crippen LogP contribution < -0.4 is 9.62 Å². The van der Waals surface area contributed by atoms with Crippen molar-refractivity contribution in [2.24, 2.45) is 0 Å². The first-order valence-electron chi connectivity index (χ1n) is 14.4. The number of hydrogen-bond acceptors (Lipinski definition) is 4. The van der Waals surface area contributed by atoms with Crippen LogP contribution in [0.15, 0.2) is 114 Å². The largest absolute Gasteiger partial charge is 0.354 e. The van der Waals surface area contributed by atoms with Gasteiger partial charge in [0.05, 0.1) is 10.6 Å². The second kappa shape index (κ2) is 15.7. The molecular weight excluding hydrogens is 617 g/mol. The molecule has 4 aromatic carbocycles. The Labute approximate surface area is 269 Å². The van der Waals surface area contributed by atoms with Crippen molar-refractivity contribution in [1.82, 2.24) is 10.2 Å². The van der Waals surface area contributed by atoms with E-state index in [9.17, 15) is 18.0 Å². The molecule has 230 valence electrons. The molecule has 0 saturated carbocycles. The smallest absolute Gasteiger partial charge is 0.264 e. The summed E-state index contributed by atoms with van der Waals surface area (Å²) < 4.78 is 29.1. The van der Waals surface area contributed by atoms with Crippen molar-refractivity contribution in [3.63, 3.8) is 0 Å². The van der Waals surface area contributed by atoms with Gasteiger partial charge in [0.2, 0.25) is 11.8 Å². The molecule has 1 N–H and O–H groups in total. The van der Waals surface area contributed by atoms with E-state index in [1.54, 1.807) is 18.2 Å². The van der Waals surface area contributed by atoms with E-state index in [1.165, 1.54) is 35.2 Å². The minimum atomic E-state index is -4.24. The monoisotopic (exact) mass is 651 g/mol. The minimum Gasteiger partial charge on any atom is -0.354 e. The van der Waals surface area contributed by atoms with E-state index in [1.807, 2.05) is 67.6 Å². The van der Waals surface area contributed by atoms with Crippen LogP contribution in [0.2, 0.25) is 10.0 Å². The molecule has 10 heteroatoms. The van der Waals surface area contributed by atoms with E-state index in [0.717, 1.165) is 28.3 Å². The van der Waals surface area contributed by atoms with Crippen molar-refractivity contribution in [3.8, 4) is 0 Å². The third-order valence-electron chi connectivity index (χ3n) is 7.07. The molecule has 2 amide bonds. The number of anilines is 1. The Bertz CT molecular complexity index is 1640. The van der Waals surface area contributed by atoms with Gasteiger partial charge in [0.25, 0.3) is 10.0 Å². The van der Waals surface area contributed by atoms with E-state index < -0.39 is 28.5 Å². The van der Waals surface area contributed by atoms with Crippen LogP contribution >= 0.6 is 23.2 Å². The van der Waals surface area contributed by atoms with Gasteiger partial charge >= 0.3 is 0 Å². The summed E-state index contributed by atoms with van der Waals surface area (Å²) in [6.07, 6.45) is 1.93. The number of nitrogens with zero attached hydrogens (tertiary/aromatic N) is 2. The van der Waals surface area contributed by atoms with Crippen molar-refractivity contribution >= 4 is 50.7 Å². The number of halogens is 2. The second-order valence-corrected chi connectivity index (χ2v) is 13.0. The fourth-order valence-electron chi connectivity index (χ4n) is 4.73. The zero-order valence-electron chi connectivity index (χ0n) is 24.4. The van der Waals surface area contributed by atoms with Crippen LogP contribution in [-0.2, 0) is 32.6 Å². The maximum Gasteiger partial charge on any atom is 0.264 e. The van der Waals surface area contributed by atoms with Gasteiger partial charge in [0.15, 0.2) is 0 Å². The number of carbonyl (C=O) groups excluding carboxylic acids is 2. The van der Waals surface area contributed by atoms with Crippen LogP contribution in [0.5, 0.6) is 0 Å². The molecule has 0 aromatic heterocycles. The van der Waals surface area contributed by atoms with E-state index in [-0.39, 0.29) is 29.5 Å². The van der Waals surface area contributed by atoms with Crippen LogP contribution in [0.3, 0.4) is 0 Å². The molecule has 44 heavy (non-hydrogen) atoms. The molecule has 0 saturated heterocycles. The average molecular weight is 653 g/mol. The average Bonchev–Trinajstić information content (AvgIpc) is 3.02. The summed E-state index contributed by atoms with van der Waals surface area (Å²) in [5.74, 6) is -0.848. The maximum absolute atomic E-state index is 14.4. The molecule has 0 aliphatic heterocycles. The molecule has 1 atom stereocenters. The number of sulfonamides is 1. The van der Waals surface area contributed by atoms with Gasteiger partial charge in [-0.1, -0.05) is 103 Å². The van der Waals surface area contributed by atoms with Gasteiger partial charge in [-0.3, -0.25) is 13.9 Å². The summed E-state index contributed by atoms with van der Waals surface area (Å²) in [6.45, 7) is 2.03. The molecule has 1 unspecified atom stereocenters.